The highest BCUT2D eigenvalue weighted by molar-refractivity contribution is 5.60. The van der Waals surface area contributed by atoms with Crippen LogP contribution in [0.3, 0.4) is 0 Å². The van der Waals surface area contributed by atoms with Gasteiger partial charge in [0, 0.05) is 13.2 Å². The van der Waals surface area contributed by atoms with Crippen LogP contribution in [0.4, 0.5) is 5.69 Å². The number of hydrogen-bond acceptors (Lipinski definition) is 5. The van der Waals surface area contributed by atoms with Crippen LogP contribution < -0.4 is 10.1 Å². The fraction of sp³-hybridized carbons (Fsp3) is 0.417. The van der Waals surface area contributed by atoms with Crippen LogP contribution in [0.15, 0.2) is 18.2 Å². The number of nitrogens with zero attached hydrogens (tertiary/aromatic N) is 1. The quantitative estimate of drug-likeness (QED) is 0.770. The Bertz CT molecular complexity index is 401. The van der Waals surface area contributed by atoms with Gasteiger partial charge in [0.25, 0.3) is 0 Å². The lowest BCUT2D eigenvalue weighted by Gasteiger charge is -2.18. The number of aliphatic hydroxyl groups is 1. The largest absolute Gasteiger partial charge is 0.497 e. The standard InChI is InChI=1S/C12H16N2O3/c1-16-8-10(7-15)14-12-5-11(17-2)4-3-9(12)6-13/h3-5,10,14-15H,7-8H2,1-2H3. The van der Waals surface area contributed by atoms with Crippen molar-refractivity contribution in [2.24, 2.45) is 0 Å². The van der Waals surface area contributed by atoms with Gasteiger partial charge in [0.15, 0.2) is 0 Å². The van der Waals surface area contributed by atoms with Crippen LogP contribution >= 0.6 is 0 Å². The molecule has 0 aromatic heterocycles. The Kier molecular flexibility index (Phi) is 5.27. The van der Waals surface area contributed by atoms with E-state index >= 15 is 0 Å². The molecular formula is C12H16N2O3. The highest BCUT2D eigenvalue weighted by Gasteiger charge is 2.10. The van der Waals surface area contributed by atoms with Gasteiger partial charge in [0.05, 0.1) is 37.6 Å². The van der Waals surface area contributed by atoms with Gasteiger partial charge in [0.1, 0.15) is 11.8 Å². The number of benzene rings is 1. The van der Waals surface area contributed by atoms with Crippen molar-refractivity contribution in [3.63, 3.8) is 0 Å². The van der Waals surface area contributed by atoms with Crippen LogP contribution in [0.1, 0.15) is 5.56 Å². The number of rotatable bonds is 6. The van der Waals surface area contributed by atoms with Crippen molar-refractivity contribution >= 4 is 5.69 Å². The molecule has 0 fully saturated rings. The van der Waals surface area contributed by atoms with E-state index in [1.807, 2.05) is 0 Å². The molecule has 1 unspecified atom stereocenters. The summed E-state index contributed by atoms with van der Waals surface area (Å²) in [5.74, 6) is 0.653. The van der Waals surface area contributed by atoms with E-state index in [0.717, 1.165) is 0 Å². The second-order valence-electron chi connectivity index (χ2n) is 3.50. The van der Waals surface area contributed by atoms with Gasteiger partial charge >= 0.3 is 0 Å². The maximum Gasteiger partial charge on any atom is 0.121 e. The Morgan fingerprint density at radius 1 is 1.47 bits per heavy atom. The minimum Gasteiger partial charge on any atom is -0.497 e. The van der Waals surface area contributed by atoms with Gasteiger partial charge in [-0.15, -0.1) is 0 Å². The SMILES string of the molecule is COCC(CO)Nc1cc(OC)ccc1C#N. The molecule has 1 aromatic carbocycles. The normalized spacial score (nSPS) is 11.6. The summed E-state index contributed by atoms with van der Waals surface area (Å²) in [4.78, 5) is 0. The van der Waals surface area contributed by atoms with Gasteiger partial charge in [-0.05, 0) is 12.1 Å². The number of nitrogens with one attached hydrogen (secondary N) is 1. The third kappa shape index (κ3) is 3.63. The smallest absolute Gasteiger partial charge is 0.121 e. The summed E-state index contributed by atoms with van der Waals surface area (Å²) in [6.07, 6.45) is 0. The monoisotopic (exact) mass is 236 g/mol. The van der Waals surface area contributed by atoms with E-state index in [4.69, 9.17) is 19.8 Å². The van der Waals surface area contributed by atoms with Crippen molar-refractivity contribution in [3.05, 3.63) is 23.8 Å². The van der Waals surface area contributed by atoms with Gasteiger partial charge in [-0.25, -0.2) is 0 Å². The Morgan fingerprint density at radius 2 is 2.24 bits per heavy atom. The first-order valence-corrected chi connectivity index (χ1v) is 5.19. The molecule has 0 bridgehead atoms. The van der Waals surface area contributed by atoms with Crippen molar-refractivity contribution in [1.29, 1.82) is 5.26 Å². The van der Waals surface area contributed by atoms with E-state index in [2.05, 4.69) is 11.4 Å². The summed E-state index contributed by atoms with van der Waals surface area (Å²) in [5, 5.41) is 21.2. The molecule has 2 N–H and O–H groups in total. The average molecular weight is 236 g/mol. The van der Waals surface area contributed by atoms with Gasteiger partial charge in [-0.3, -0.25) is 0 Å². The van der Waals surface area contributed by atoms with E-state index in [9.17, 15) is 0 Å². The zero-order valence-electron chi connectivity index (χ0n) is 9.93. The molecule has 17 heavy (non-hydrogen) atoms. The van der Waals surface area contributed by atoms with E-state index < -0.39 is 0 Å². The molecule has 5 heteroatoms. The van der Waals surface area contributed by atoms with Gasteiger partial charge in [0.2, 0.25) is 0 Å². The van der Waals surface area contributed by atoms with Crippen LogP contribution in [0.5, 0.6) is 5.75 Å². The Balaban J connectivity index is 2.90. The summed E-state index contributed by atoms with van der Waals surface area (Å²) in [5.41, 5.74) is 1.13. The zero-order valence-corrected chi connectivity index (χ0v) is 9.93. The van der Waals surface area contributed by atoms with Crippen LogP contribution in [-0.4, -0.2) is 38.6 Å². The molecule has 0 heterocycles. The number of methoxy groups -OCH3 is 2. The maximum absolute atomic E-state index is 9.15. The fourth-order valence-corrected chi connectivity index (χ4v) is 1.43. The molecule has 5 nitrogen and oxygen atoms in total. The molecular weight excluding hydrogens is 220 g/mol. The summed E-state index contributed by atoms with van der Waals surface area (Å²) in [7, 11) is 3.12. The van der Waals surface area contributed by atoms with E-state index in [0.29, 0.717) is 23.6 Å². The molecule has 0 spiro atoms. The molecule has 1 rings (SSSR count). The highest BCUT2D eigenvalue weighted by atomic mass is 16.5. The van der Waals surface area contributed by atoms with Crippen LogP contribution in [0, 0.1) is 11.3 Å². The van der Waals surface area contributed by atoms with Crippen molar-refractivity contribution in [2.45, 2.75) is 6.04 Å². The highest BCUT2D eigenvalue weighted by Crippen LogP contribution is 2.22. The maximum atomic E-state index is 9.15. The molecule has 1 aromatic rings. The molecule has 0 aliphatic heterocycles. The third-order valence-electron chi connectivity index (χ3n) is 2.30. The number of hydrogen-bond donors (Lipinski definition) is 2. The summed E-state index contributed by atoms with van der Waals surface area (Å²) < 4.78 is 10.0. The Hall–Kier alpha value is -1.77. The minimum absolute atomic E-state index is 0.0735. The molecule has 92 valence electrons. The van der Waals surface area contributed by atoms with Crippen LogP contribution in [0.25, 0.3) is 0 Å². The molecule has 0 saturated carbocycles. The number of aliphatic hydroxyl groups excluding tert-OH is 1. The number of nitriles is 1. The van der Waals surface area contributed by atoms with Crippen molar-refractivity contribution in [1.82, 2.24) is 0 Å². The average Bonchev–Trinajstić information content (AvgIpc) is 2.38. The first kappa shape index (κ1) is 13.3. The summed E-state index contributed by atoms with van der Waals surface area (Å²) in [6.45, 7) is 0.286. The van der Waals surface area contributed by atoms with Crippen molar-refractivity contribution in [3.8, 4) is 11.8 Å². The number of anilines is 1. The van der Waals surface area contributed by atoms with Gasteiger partial charge in [-0.1, -0.05) is 0 Å². The fourth-order valence-electron chi connectivity index (χ4n) is 1.43. The first-order valence-electron chi connectivity index (χ1n) is 5.19. The van der Waals surface area contributed by atoms with Crippen LogP contribution in [-0.2, 0) is 4.74 Å². The molecule has 0 amide bonds. The predicted octanol–water partition coefficient (Wildman–Crippen LogP) is 0.986. The van der Waals surface area contributed by atoms with Crippen LogP contribution in [0.2, 0.25) is 0 Å². The van der Waals surface area contributed by atoms with E-state index in [1.165, 1.54) is 0 Å². The summed E-state index contributed by atoms with van der Waals surface area (Å²) >= 11 is 0. The summed E-state index contributed by atoms with van der Waals surface area (Å²) in [6, 6.07) is 6.93. The predicted molar refractivity (Wildman–Crippen MR) is 64.1 cm³/mol. The number of ether oxygens (including phenoxy) is 2. The van der Waals surface area contributed by atoms with Gasteiger partial charge in [-0.2, -0.15) is 5.26 Å². The second-order valence-corrected chi connectivity index (χ2v) is 3.50. The molecule has 0 aliphatic carbocycles. The lowest BCUT2D eigenvalue weighted by molar-refractivity contribution is 0.153. The van der Waals surface area contributed by atoms with E-state index in [-0.39, 0.29) is 12.6 Å². The zero-order chi connectivity index (χ0) is 12.7. The minimum atomic E-state index is -0.251. The molecule has 0 radical (unpaired) electrons. The second kappa shape index (κ2) is 6.74. The van der Waals surface area contributed by atoms with E-state index in [1.54, 1.807) is 32.4 Å². The lowest BCUT2D eigenvalue weighted by atomic mass is 10.1. The topological polar surface area (TPSA) is 74.5 Å². The molecule has 0 aliphatic rings. The van der Waals surface area contributed by atoms with Crippen molar-refractivity contribution < 1.29 is 14.6 Å². The third-order valence-corrected chi connectivity index (χ3v) is 2.30. The Morgan fingerprint density at radius 3 is 2.76 bits per heavy atom. The Labute approximate surface area is 101 Å². The van der Waals surface area contributed by atoms with Crippen molar-refractivity contribution in [2.75, 3.05) is 32.8 Å². The molecule has 0 saturated heterocycles. The van der Waals surface area contributed by atoms with Gasteiger partial charge < -0.3 is 19.9 Å². The lowest BCUT2D eigenvalue weighted by Crippen LogP contribution is -2.29. The first-order chi connectivity index (χ1) is 8.24. The molecule has 1 atom stereocenters.